The number of fused-ring (bicyclic) bond motifs is 1. The van der Waals surface area contributed by atoms with Crippen molar-refractivity contribution in [3.05, 3.63) is 48.0 Å². The molecule has 3 N–H and O–H groups in total. The first kappa shape index (κ1) is 25.8. The molecule has 10 heteroatoms. The molecule has 0 spiro atoms. The van der Waals surface area contributed by atoms with Crippen LogP contribution in [0.1, 0.15) is 18.4 Å². The van der Waals surface area contributed by atoms with E-state index in [9.17, 15) is 4.79 Å². The lowest BCUT2D eigenvalue weighted by atomic mass is 10.0. The minimum absolute atomic E-state index is 0.251. The number of ether oxygens (including phenoxy) is 1. The molecule has 2 saturated heterocycles. The highest BCUT2D eigenvalue weighted by molar-refractivity contribution is 5.90. The smallest absolute Gasteiger partial charge is 0.407 e. The van der Waals surface area contributed by atoms with Crippen molar-refractivity contribution in [2.75, 3.05) is 69.0 Å². The van der Waals surface area contributed by atoms with Crippen LogP contribution in [-0.2, 0) is 6.54 Å². The number of hydrogen-bond acceptors (Lipinski definition) is 8. The molecule has 3 heterocycles. The van der Waals surface area contributed by atoms with Gasteiger partial charge in [0.05, 0.1) is 19.2 Å². The Labute approximate surface area is 223 Å². The van der Waals surface area contributed by atoms with Crippen LogP contribution in [0.3, 0.4) is 0 Å². The predicted octanol–water partition coefficient (Wildman–Crippen LogP) is 3.48. The van der Waals surface area contributed by atoms with E-state index in [1.807, 2.05) is 30.3 Å². The number of carboxylic acid groups (broad SMARTS) is 1. The van der Waals surface area contributed by atoms with E-state index in [0.717, 1.165) is 59.7 Å². The van der Waals surface area contributed by atoms with Crippen molar-refractivity contribution in [1.29, 1.82) is 0 Å². The highest BCUT2D eigenvalue weighted by Gasteiger charge is 2.31. The second-order valence-corrected chi connectivity index (χ2v) is 10.3. The molecule has 1 amide bonds. The monoisotopic (exact) mass is 519 g/mol. The Morgan fingerprint density at radius 2 is 1.89 bits per heavy atom. The fourth-order valence-electron chi connectivity index (χ4n) is 5.44. The summed E-state index contributed by atoms with van der Waals surface area (Å²) in [5, 5.41) is 17.1. The standard InChI is InChI=1S/C28H37N7O3/c1-33(2)24-9-6-10-25(38-3)22(24)18-35(20-11-13-29-14-12-20)26-21-7-4-5-8-23(21)31-27(32-26)30-15-19-16-34(17-19)28(36)37/h4-10,19-20,29H,11-18H2,1-3H3,(H,36,37)(H,30,31,32). The second kappa shape index (κ2) is 11.3. The van der Waals surface area contributed by atoms with Crippen LogP contribution >= 0.6 is 0 Å². The zero-order valence-electron chi connectivity index (χ0n) is 22.4. The normalized spacial score (nSPS) is 16.2. The van der Waals surface area contributed by atoms with Crippen LogP contribution in [0, 0.1) is 5.92 Å². The summed E-state index contributed by atoms with van der Waals surface area (Å²) in [6.45, 7) is 4.27. The summed E-state index contributed by atoms with van der Waals surface area (Å²) >= 11 is 0. The average Bonchev–Trinajstić information content (AvgIpc) is 2.90. The van der Waals surface area contributed by atoms with E-state index < -0.39 is 6.09 Å². The van der Waals surface area contributed by atoms with Crippen LogP contribution in [0.5, 0.6) is 5.75 Å². The van der Waals surface area contributed by atoms with Gasteiger partial charge in [0.2, 0.25) is 5.95 Å². The van der Waals surface area contributed by atoms with E-state index in [2.05, 4.69) is 46.7 Å². The molecule has 2 aliphatic heterocycles. The molecule has 3 aromatic rings. The highest BCUT2D eigenvalue weighted by atomic mass is 16.5. The van der Waals surface area contributed by atoms with Gasteiger partial charge in [0.25, 0.3) is 0 Å². The van der Waals surface area contributed by atoms with E-state index in [-0.39, 0.29) is 5.92 Å². The quantitative estimate of drug-likeness (QED) is 0.392. The van der Waals surface area contributed by atoms with E-state index in [1.54, 1.807) is 7.11 Å². The first-order valence-electron chi connectivity index (χ1n) is 13.2. The van der Waals surface area contributed by atoms with Gasteiger partial charge in [-0.15, -0.1) is 0 Å². The third-order valence-electron chi connectivity index (χ3n) is 7.52. The second-order valence-electron chi connectivity index (χ2n) is 10.3. The fraction of sp³-hybridized carbons (Fsp3) is 0.464. The number of para-hydroxylation sites is 1. The zero-order chi connectivity index (χ0) is 26.6. The van der Waals surface area contributed by atoms with Crippen LogP contribution < -0.4 is 25.2 Å². The molecule has 1 aromatic heterocycles. The molecule has 0 radical (unpaired) electrons. The first-order valence-corrected chi connectivity index (χ1v) is 13.2. The number of likely N-dealkylation sites (tertiary alicyclic amines) is 1. The summed E-state index contributed by atoms with van der Waals surface area (Å²) in [4.78, 5) is 27.0. The summed E-state index contributed by atoms with van der Waals surface area (Å²) in [5.41, 5.74) is 3.12. The summed E-state index contributed by atoms with van der Waals surface area (Å²) in [5.74, 6) is 2.59. The van der Waals surface area contributed by atoms with Gasteiger partial charge < -0.3 is 35.2 Å². The Bertz CT molecular complexity index is 1270. The zero-order valence-corrected chi connectivity index (χ0v) is 22.4. The molecule has 202 valence electrons. The molecule has 5 rings (SSSR count). The molecule has 0 saturated carbocycles. The summed E-state index contributed by atoms with van der Waals surface area (Å²) in [7, 11) is 5.84. The third-order valence-corrected chi connectivity index (χ3v) is 7.52. The van der Waals surface area contributed by atoms with Crippen molar-refractivity contribution in [3.8, 4) is 5.75 Å². The SMILES string of the molecule is COc1cccc(N(C)C)c1CN(c1nc(NCC2CN(C(=O)O)C2)nc2ccccc12)C1CCNCC1. The topological polar surface area (TPSA) is 106 Å². The number of aromatic nitrogens is 2. The van der Waals surface area contributed by atoms with Gasteiger partial charge in [0.15, 0.2) is 0 Å². The summed E-state index contributed by atoms with van der Waals surface area (Å²) < 4.78 is 5.82. The number of rotatable bonds is 9. The Balaban J connectivity index is 1.52. The molecule has 0 aliphatic carbocycles. The molecular formula is C28H37N7O3. The van der Waals surface area contributed by atoms with Crippen molar-refractivity contribution in [2.45, 2.75) is 25.4 Å². The van der Waals surface area contributed by atoms with Crippen LogP contribution in [0.25, 0.3) is 10.9 Å². The number of benzene rings is 2. The van der Waals surface area contributed by atoms with Gasteiger partial charge >= 0.3 is 6.09 Å². The third kappa shape index (κ3) is 5.40. The first-order chi connectivity index (χ1) is 18.4. The van der Waals surface area contributed by atoms with Gasteiger partial charge in [-0.1, -0.05) is 18.2 Å². The van der Waals surface area contributed by atoms with Crippen LogP contribution in [0.15, 0.2) is 42.5 Å². The molecule has 2 aromatic carbocycles. The maximum absolute atomic E-state index is 11.1. The molecule has 2 fully saturated rings. The molecule has 2 aliphatic rings. The van der Waals surface area contributed by atoms with E-state index in [0.29, 0.717) is 38.2 Å². The van der Waals surface area contributed by atoms with Crippen molar-refractivity contribution in [2.24, 2.45) is 5.92 Å². The molecule has 0 atom stereocenters. The van der Waals surface area contributed by atoms with Gasteiger partial charge in [-0.2, -0.15) is 4.98 Å². The largest absolute Gasteiger partial charge is 0.496 e. The number of nitrogens with one attached hydrogen (secondary N) is 2. The van der Waals surface area contributed by atoms with Crippen LogP contribution in [-0.4, -0.2) is 86.0 Å². The lowest BCUT2D eigenvalue weighted by Crippen LogP contribution is -2.51. The lowest BCUT2D eigenvalue weighted by Gasteiger charge is -2.38. The minimum Gasteiger partial charge on any atom is -0.496 e. The Morgan fingerprint density at radius 3 is 2.61 bits per heavy atom. The predicted molar refractivity (Wildman–Crippen MR) is 151 cm³/mol. The molecule has 0 unspecified atom stereocenters. The maximum Gasteiger partial charge on any atom is 0.407 e. The van der Waals surface area contributed by atoms with Crippen molar-refractivity contribution in [1.82, 2.24) is 20.2 Å². The van der Waals surface area contributed by atoms with Crippen LogP contribution in [0.2, 0.25) is 0 Å². The lowest BCUT2D eigenvalue weighted by molar-refractivity contribution is 0.0863. The van der Waals surface area contributed by atoms with Gasteiger partial charge in [-0.25, -0.2) is 9.78 Å². The Morgan fingerprint density at radius 1 is 1.13 bits per heavy atom. The number of hydrogen-bond donors (Lipinski definition) is 3. The van der Waals surface area contributed by atoms with Crippen molar-refractivity contribution < 1.29 is 14.6 Å². The fourth-order valence-corrected chi connectivity index (χ4v) is 5.44. The Hall–Kier alpha value is -3.79. The number of amides is 1. The average molecular weight is 520 g/mol. The van der Waals surface area contributed by atoms with Gasteiger partial charge in [0.1, 0.15) is 11.6 Å². The number of piperidine rings is 1. The number of nitrogens with zero attached hydrogens (tertiary/aromatic N) is 5. The minimum atomic E-state index is -0.864. The van der Waals surface area contributed by atoms with E-state index in [4.69, 9.17) is 19.8 Å². The van der Waals surface area contributed by atoms with E-state index >= 15 is 0 Å². The molecular weight excluding hydrogens is 482 g/mol. The molecule has 10 nitrogen and oxygen atoms in total. The molecule has 38 heavy (non-hydrogen) atoms. The van der Waals surface area contributed by atoms with Gasteiger partial charge in [0, 0.05) is 62.3 Å². The number of carbonyl (C=O) groups is 1. The van der Waals surface area contributed by atoms with E-state index in [1.165, 1.54) is 4.90 Å². The maximum atomic E-state index is 11.1. The van der Waals surface area contributed by atoms with Crippen LogP contribution in [0.4, 0.5) is 22.2 Å². The molecule has 0 bridgehead atoms. The summed E-state index contributed by atoms with van der Waals surface area (Å²) in [6.07, 6.45) is 1.16. The number of anilines is 3. The Kier molecular flexibility index (Phi) is 7.69. The highest BCUT2D eigenvalue weighted by Crippen LogP contribution is 2.35. The van der Waals surface area contributed by atoms with Crippen molar-refractivity contribution in [3.63, 3.8) is 0 Å². The number of methoxy groups -OCH3 is 1. The van der Waals surface area contributed by atoms with Gasteiger partial charge in [-0.3, -0.25) is 0 Å². The summed E-state index contributed by atoms with van der Waals surface area (Å²) in [6, 6.07) is 14.6. The van der Waals surface area contributed by atoms with Crippen molar-refractivity contribution >= 4 is 34.4 Å². The van der Waals surface area contributed by atoms with Gasteiger partial charge in [-0.05, 0) is 50.2 Å².